The zero-order chi connectivity index (χ0) is 14.4. The molecule has 110 valence electrons. The number of rotatable bonds is 0. The molecular formula is C17H19NO3. The fourth-order valence-electron chi connectivity index (χ4n) is 5.50. The van der Waals surface area contributed by atoms with Gasteiger partial charge in [-0.15, -0.1) is 0 Å². The first-order valence-electron chi connectivity index (χ1n) is 7.78. The Labute approximate surface area is 123 Å². The van der Waals surface area contributed by atoms with Gasteiger partial charge in [-0.25, -0.2) is 0 Å². The largest absolute Gasteiger partial charge is 0.386 e. The van der Waals surface area contributed by atoms with Crippen LogP contribution in [0.2, 0.25) is 0 Å². The van der Waals surface area contributed by atoms with Gasteiger partial charge in [0, 0.05) is 23.3 Å². The Kier molecular flexibility index (Phi) is 2.20. The number of aliphatic hydroxyl groups is 1. The number of carbonyl (C=O) groups excluding carboxylic acids is 1. The minimum absolute atomic E-state index is 0.0595. The maximum Gasteiger partial charge on any atom is 0.185 e. The van der Waals surface area contributed by atoms with E-state index >= 15 is 0 Å². The van der Waals surface area contributed by atoms with Gasteiger partial charge in [0.2, 0.25) is 0 Å². The minimum atomic E-state index is -0.594. The number of hydrogen-bond acceptors (Lipinski definition) is 4. The molecule has 2 unspecified atom stereocenters. The highest BCUT2D eigenvalue weighted by Gasteiger charge is 2.68. The third kappa shape index (κ3) is 1.26. The van der Waals surface area contributed by atoms with Crippen LogP contribution in [0.15, 0.2) is 36.0 Å². The van der Waals surface area contributed by atoms with Crippen molar-refractivity contribution < 1.29 is 14.6 Å². The van der Waals surface area contributed by atoms with Gasteiger partial charge >= 0.3 is 0 Å². The normalized spacial score (nSPS) is 53.6. The molecule has 0 amide bonds. The highest BCUT2D eigenvalue weighted by Crippen LogP contribution is 2.63. The first kappa shape index (κ1) is 12.3. The van der Waals surface area contributed by atoms with Gasteiger partial charge in [-0.1, -0.05) is 24.3 Å². The lowest BCUT2D eigenvalue weighted by Crippen LogP contribution is -2.63. The maximum atomic E-state index is 12.3. The molecule has 1 N–H and O–H groups in total. The Balaban J connectivity index is 1.79. The molecule has 0 radical (unpaired) electrons. The van der Waals surface area contributed by atoms with Crippen molar-refractivity contribution >= 4 is 5.78 Å². The van der Waals surface area contributed by atoms with Gasteiger partial charge in [-0.2, -0.15) is 0 Å². The molecule has 2 aliphatic heterocycles. The van der Waals surface area contributed by atoms with Crippen LogP contribution in [0.3, 0.4) is 0 Å². The lowest BCUT2D eigenvalue weighted by molar-refractivity contribution is -0.130. The fraction of sp³-hybridized carbons (Fsp3) is 0.588. The maximum absolute atomic E-state index is 12.3. The summed E-state index contributed by atoms with van der Waals surface area (Å²) in [6.07, 6.45) is 9.73. The molecule has 0 aromatic rings. The fourth-order valence-corrected chi connectivity index (χ4v) is 5.50. The lowest BCUT2D eigenvalue weighted by atomic mass is 9.50. The van der Waals surface area contributed by atoms with Gasteiger partial charge in [0.05, 0.1) is 12.2 Å². The molecule has 0 aromatic heterocycles. The lowest BCUT2D eigenvalue weighted by Gasteiger charge is -2.58. The van der Waals surface area contributed by atoms with Gasteiger partial charge < -0.3 is 9.84 Å². The van der Waals surface area contributed by atoms with E-state index in [1.54, 1.807) is 6.08 Å². The summed E-state index contributed by atoms with van der Waals surface area (Å²) in [6.45, 7) is 0.993. The van der Waals surface area contributed by atoms with Crippen LogP contribution in [0.4, 0.5) is 0 Å². The number of likely N-dealkylation sites (N-methyl/N-ethyl adjacent to an activating group) is 1. The number of ether oxygens (including phenoxy) is 1. The van der Waals surface area contributed by atoms with Crippen molar-refractivity contribution in [3.63, 3.8) is 0 Å². The summed E-state index contributed by atoms with van der Waals surface area (Å²) < 4.78 is 6.12. The third-order valence-electron chi connectivity index (χ3n) is 6.37. The Bertz CT molecular complexity index is 622. The van der Waals surface area contributed by atoms with Crippen LogP contribution in [0, 0.1) is 17.3 Å². The van der Waals surface area contributed by atoms with E-state index in [0.717, 1.165) is 13.0 Å². The van der Waals surface area contributed by atoms with Gasteiger partial charge in [0.15, 0.2) is 5.78 Å². The van der Waals surface area contributed by atoms with Crippen molar-refractivity contribution in [2.24, 2.45) is 17.3 Å². The molecule has 21 heavy (non-hydrogen) atoms. The summed E-state index contributed by atoms with van der Waals surface area (Å²) in [5.41, 5.74) is 1.12. The molecule has 7 atom stereocenters. The van der Waals surface area contributed by atoms with Gasteiger partial charge in [0.25, 0.3) is 0 Å². The van der Waals surface area contributed by atoms with E-state index in [9.17, 15) is 9.90 Å². The summed E-state index contributed by atoms with van der Waals surface area (Å²) in [6, 6.07) is 0.344. The monoisotopic (exact) mass is 285 g/mol. The Hall–Kier alpha value is -1.23. The van der Waals surface area contributed by atoms with E-state index in [0.29, 0.717) is 12.0 Å². The van der Waals surface area contributed by atoms with Crippen molar-refractivity contribution in [3.05, 3.63) is 36.0 Å². The zero-order valence-corrected chi connectivity index (χ0v) is 12.0. The van der Waals surface area contributed by atoms with Crippen molar-refractivity contribution in [3.8, 4) is 0 Å². The molecule has 1 spiro atoms. The van der Waals surface area contributed by atoms with Crippen LogP contribution in [0.1, 0.15) is 6.42 Å². The highest BCUT2D eigenvalue weighted by atomic mass is 16.5. The van der Waals surface area contributed by atoms with E-state index in [-0.39, 0.29) is 23.2 Å². The Morgan fingerprint density at radius 1 is 1.38 bits per heavy atom. The van der Waals surface area contributed by atoms with E-state index < -0.39 is 12.2 Å². The molecule has 2 saturated heterocycles. The second kappa shape index (κ2) is 3.75. The average molecular weight is 285 g/mol. The molecule has 0 aromatic carbocycles. The quantitative estimate of drug-likeness (QED) is 0.665. The number of nitrogens with zero attached hydrogens (tertiary/aromatic N) is 1. The standard InChI is InChI=1S/C17H19NO3/c1-18-7-6-17-10-3-5-13(20)16(17)21-15-12(19)4-2-9(14(15)17)8-11(10)18/h2-5,8,10-11,13-16,20H,6-7H2,1H3/t10-,11+,13-,14?,15?,16-,17-/m0/s1. The molecule has 2 bridgehead atoms. The van der Waals surface area contributed by atoms with Crippen LogP contribution >= 0.6 is 0 Å². The SMILES string of the molecule is CN1CC[C@@]23C4C5=C[C@@H]1[C@@H]2C=C[C@H](O)[C@@H]3OC4C(=O)C=C5. The van der Waals surface area contributed by atoms with Crippen LogP contribution in [0.5, 0.6) is 0 Å². The molecule has 5 rings (SSSR count). The summed E-state index contributed by atoms with van der Waals surface area (Å²) in [5.74, 6) is 0.515. The molecule has 2 heterocycles. The average Bonchev–Trinajstić information content (AvgIpc) is 2.83. The van der Waals surface area contributed by atoms with Gasteiger partial charge in [-0.3, -0.25) is 9.69 Å². The number of allylic oxidation sites excluding steroid dienone is 1. The van der Waals surface area contributed by atoms with Crippen molar-refractivity contribution in [1.29, 1.82) is 0 Å². The minimum Gasteiger partial charge on any atom is -0.386 e. The molecule has 4 nitrogen and oxygen atoms in total. The second-order valence-corrected chi connectivity index (χ2v) is 7.09. The van der Waals surface area contributed by atoms with Crippen LogP contribution in [0.25, 0.3) is 0 Å². The van der Waals surface area contributed by atoms with Crippen LogP contribution < -0.4 is 0 Å². The molecule has 0 saturated carbocycles. The summed E-state index contributed by atoms with van der Waals surface area (Å²) >= 11 is 0. The molecule has 2 fully saturated rings. The van der Waals surface area contributed by atoms with E-state index in [1.807, 2.05) is 12.2 Å². The predicted molar refractivity (Wildman–Crippen MR) is 76.5 cm³/mol. The number of likely N-dealkylation sites (tertiary alicyclic amines) is 1. The van der Waals surface area contributed by atoms with Crippen LogP contribution in [-0.2, 0) is 9.53 Å². The number of piperidine rings is 1. The smallest absolute Gasteiger partial charge is 0.185 e. The molecule has 3 aliphatic carbocycles. The second-order valence-electron chi connectivity index (χ2n) is 7.09. The first-order valence-corrected chi connectivity index (χ1v) is 7.78. The van der Waals surface area contributed by atoms with E-state index in [4.69, 9.17) is 4.74 Å². The Morgan fingerprint density at radius 3 is 3.10 bits per heavy atom. The molecular weight excluding hydrogens is 266 g/mol. The van der Waals surface area contributed by atoms with Crippen molar-refractivity contribution in [2.75, 3.05) is 13.6 Å². The van der Waals surface area contributed by atoms with E-state index in [2.05, 4.69) is 24.1 Å². The topological polar surface area (TPSA) is 49.8 Å². The van der Waals surface area contributed by atoms with E-state index in [1.165, 1.54) is 5.57 Å². The third-order valence-corrected chi connectivity index (χ3v) is 6.37. The summed E-state index contributed by atoms with van der Waals surface area (Å²) in [5, 5.41) is 10.4. The molecule has 5 aliphatic rings. The number of ketones is 1. The van der Waals surface area contributed by atoms with Crippen molar-refractivity contribution in [1.82, 2.24) is 4.90 Å². The first-order chi connectivity index (χ1) is 10.1. The number of aliphatic hydroxyl groups excluding tert-OH is 1. The van der Waals surface area contributed by atoms with Crippen molar-refractivity contribution in [2.45, 2.75) is 30.8 Å². The summed E-state index contributed by atoms with van der Waals surface area (Å²) in [7, 11) is 2.16. The predicted octanol–water partition coefficient (Wildman–Crippen LogP) is 0.686. The van der Waals surface area contributed by atoms with Crippen LogP contribution in [-0.4, -0.2) is 53.7 Å². The van der Waals surface area contributed by atoms with Gasteiger partial charge in [-0.05, 0) is 31.7 Å². The molecule has 4 heteroatoms. The Morgan fingerprint density at radius 2 is 2.24 bits per heavy atom. The number of hydrogen-bond donors (Lipinski definition) is 1. The summed E-state index contributed by atoms with van der Waals surface area (Å²) in [4.78, 5) is 14.7. The zero-order valence-electron chi connectivity index (χ0n) is 12.0. The van der Waals surface area contributed by atoms with Gasteiger partial charge in [0.1, 0.15) is 6.10 Å². The highest BCUT2D eigenvalue weighted by molar-refractivity contribution is 5.96. The number of carbonyl (C=O) groups is 1.